The Morgan fingerprint density at radius 3 is 2.71 bits per heavy atom. The Hall–Kier alpha value is -3.40. The quantitative estimate of drug-likeness (QED) is 0.507. The molecule has 146 valence electrons. The largest absolute Gasteiger partial charge is 0.484 e. The van der Waals surface area contributed by atoms with Crippen molar-refractivity contribution in [2.75, 3.05) is 19.7 Å². The summed E-state index contributed by atoms with van der Waals surface area (Å²) in [7, 11) is 0. The number of ether oxygens (including phenoxy) is 1. The van der Waals surface area contributed by atoms with Gasteiger partial charge in [0.25, 0.3) is 5.91 Å². The SMILES string of the molecule is O=C(COc1ccccc1)NCCNC(=O)c1nc(Cn2cc(Cl)cn2)no1. The average Bonchev–Trinajstić information content (AvgIpc) is 3.33. The summed E-state index contributed by atoms with van der Waals surface area (Å²) in [6, 6.07) is 9.00. The van der Waals surface area contributed by atoms with Gasteiger partial charge in [0, 0.05) is 19.3 Å². The molecular formula is C17H17ClN6O4. The first kappa shape index (κ1) is 19.4. The summed E-state index contributed by atoms with van der Waals surface area (Å²) < 4.78 is 11.8. The third-order valence-electron chi connectivity index (χ3n) is 3.41. The Labute approximate surface area is 164 Å². The number of carbonyl (C=O) groups excluding carboxylic acids is 2. The maximum Gasteiger partial charge on any atom is 0.316 e. The number of halogens is 1. The number of hydrogen-bond acceptors (Lipinski definition) is 7. The normalized spacial score (nSPS) is 10.5. The highest BCUT2D eigenvalue weighted by Crippen LogP contribution is 2.08. The highest BCUT2D eigenvalue weighted by Gasteiger charge is 2.15. The summed E-state index contributed by atoms with van der Waals surface area (Å²) in [5.74, 6) is -0.109. The number of amides is 2. The van der Waals surface area contributed by atoms with Crippen LogP contribution in [-0.2, 0) is 11.3 Å². The van der Waals surface area contributed by atoms with E-state index in [1.165, 1.54) is 10.9 Å². The van der Waals surface area contributed by atoms with E-state index >= 15 is 0 Å². The maximum atomic E-state index is 12.0. The first-order valence-corrected chi connectivity index (χ1v) is 8.71. The predicted molar refractivity (Wildman–Crippen MR) is 97.9 cm³/mol. The van der Waals surface area contributed by atoms with E-state index in [-0.39, 0.29) is 43.9 Å². The summed E-state index contributed by atoms with van der Waals surface area (Å²) in [5, 5.41) is 13.4. The van der Waals surface area contributed by atoms with Gasteiger partial charge in [0.15, 0.2) is 12.4 Å². The monoisotopic (exact) mass is 404 g/mol. The van der Waals surface area contributed by atoms with Crippen molar-refractivity contribution in [2.24, 2.45) is 0 Å². The van der Waals surface area contributed by atoms with Crippen LogP contribution in [0.5, 0.6) is 5.75 Å². The van der Waals surface area contributed by atoms with Gasteiger partial charge in [-0.05, 0) is 12.1 Å². The molecule has 0 radical (unpaired) electrons. The molecule has 2 aromatic heterocycles. The smallest absolute Gasteiger partial charge is 0.316 e. The summed E-state index contributed by atoms with van der Waals surface area (Å²) in [6.45, 7) is 0.543. The lowest BCUT2D eigenvalue weighted by molar-refractivity contribution is -0.123. The minimum Gasteiger partial charge on any atom is -0.484 e. The third-order valence-corrected chi connectivity index (χ3v) is 3.61. The summed E-state index contributed by atoms with van der Waals surface area (Å²) in [5.41, 5.74) is 0. The van der Waals surface area contributed by atoms with Crippen molar-refractivity contribution < 1.29 is 18.8 Å². The van der Waals surface area contributed by atoms with Crippen molar-refractivity contribution in [1.82, 2.24) is 30.6 Å². The molecular weight excluding hydrogens is 388 g/mol. The highest BCUT2D eigenvalue weighted by atomic mass is 35.5. The predicted octanol–water partition coefficient (Wildman–Crippen LogP) is 0.893. The molecule has 0 aliphatic heterocycles. The number of benzene rings is 1. The zero-order valence-electron chi connectivity index (χ0n) is 14.7. The minimum absolute atomic E-state index is 0.109. The number of para-hydroxylation sites is 1. The molecule has 0 unspecified atom stereocenters. The minimum atomic E-state index is -0.535. The van der Waals surface area contributed by atoms with Crippen LogP contribution in [0.15, 0.2) is 47.2 Å². The second-order valence-corrected chi connectivity index (χ2v) is 6.02. The van der Waals surface area contributed by atoms with Gasteiger partial charge in [-0.3, -0.25) is 14.3 Å². The Kier molecular flexibility index (Phi) is 6.58. The van der Waals surface area contributed by atoms with Crippen LogP contribution in [0.1, 0.15) is 16.5 Å². The molecule has 2 N–H and O–H groups in total. The van der Waals surface area contributed by atoms with Crippen molar-refractivity contribution in [3.8, 4) is 5.75 Å². The van der Waals surface area contributed by atoms with E-state index in [1.54, 1.807) is 18.3 Å². The summed E-state index contributed by atoms with van der Waals surface area (Å²) in [4.78, 5) is 27.7. The van der Waals surface area contributed by atoms with Crippen LogP contribution in [0, 0.1) is 0 Å². The van der Waals surface area contributed by atoms with E-state index in [2.05, 4.69) is 25.9 Å². The number of hydrogen-bond donors (Lipinski definition) is 2. The molecule has 0 saturated carbocycles. The van der Waals surface area contributed by atoms with Crippen LogP contribution in [0.3, 0.4) is 0 Å². The maximum absolute atomic E-state index is 12.0. The molecule has 0 saturated heterocycles. The lowest BCUT2D eigenvalue weighted by Crippen LogP contribution is -2.36. The average molecular weight is 405 g/mol. The van der Waals surface area contributed by atoms with Gasteiger partial charge >= 0.3 is 11.8 Å². The van der Waals surface area contributed by atoms with E-state index in [0.717, 1.165) is 0 Å². The standard InChI is InChI=1S/C17H17ClN6O4/c18-12-8-21-24(9-12)10-14-22-17(28-23-14)16(26)20-7-6-19-15(25)11-27-13-4-2-1-3-5-13/h1-5,8-9H,6-7,10-11H2,(H,19,25)(H,20,26). The molecule has 11 heteroatoms. The van der Waals surface area contributed by atoms with Gasteiger partial charge in [-0.15, -0.1) is 0 Å². The fourth-order valence-electron chi connectivity index (χ4n) is 2.15. The lowest BCUT2D eigenvalue weighted by Gasteiger charge is -2.07. The van der Waals surface area contributed by atoms with E-state index in [4.69, 9.17) is 20.9 Å². The number of nitrogens with one attached hydrogen (secondary N) is 2. The molecule has 0 fully saturated rings. The summed E-state index contributed by atoms with van der Waals surface area (Å²) in [6.07, 6.45) is 3.08. The number of rotatable bonds is 9. The first-order chi connectivity index (χ1) is 13.6. The number of aromatic nitrogens is 4. The van der Waals surface area contributed by atoms with Crippen LogP contribution in [0.25, 0.3) is 0 Å². The fourth-order valence-corrected chi connectivity index (χ4v) is 2.31. The van der Waals surface area contributed by atoms with Crippen LogP contribution >= 0.6 is 11.6 Å². The van der Waals surface area contributed by atoms with Crippen molar-refractivity contribution >= 4 is 23.4 Å². The molecule has 2 heterocycles. The van der Waals surface area contributed by atoms with Crippen LogP contribution in [0.2, 0.25) is 5.02 Å². The van der Waals surface area contributed by atoms with E-state index in [9.17, 15) is 9.59 Å². The zero-order valence-corrected chi connectivity index (χ0v) is 15.4. The van der Waals surface area contributed by atoms with E-state index in [1.807, 2.05) is 18.2 Å². The Bertz CT molecular complexity index is 927. The fraction of sp³-hybridized carbons (Fsp3) is 0.235. The number of carbonyl (C=O) groups is 2. The third kappa shape index (κ3) is 5.81. The Morgan fingerprint density at radius 1 is 1.18 bits per heavy atom. The molecule has 0 atom stereocenters. The molecule has 3 rings (SSSR count). The van der Waals surface area contributed by atoms with Crippen LogP contribution < -0.4 is 15.4 Å². The molecule has 0 spiro atoms. The van der Waals surface area contributed by atoms with Gasteiger partial charge in [-0.1, -0.05) is 35.0 Å². The first-order valence-electron chi connectivity index (χ1n) is 8.33. The van der Waals surface area contributed by atoms with Crippen molar-refractivity contribution in [1.29, 1.82) is 0 Å². The van der Waals surface area contributed by atoms with E-state index in [0.29, 0.717) is 10.8 Å². The topological polar surface area (TPSA) is 124 Å². The molecule has 3 aromatic rings. The van der Waals surface area contributed by atoms with Crippen LogP contribution in [-0.4, -0.2) is 51.4 Å². The number of nitrogens with zero attached hydrogens (tertiary/aromatic N) is 4. The Morgan fingerprint density at radius 2 is 1.96 bits per heavy atom. The van der Waals surface area contributed by atoms with Gasteiger partial charge in [0.05, 0.1) is 11.2 Å². The van der Waals surface area contributed by atoms with Crippen LogP contribution in [0.4, 0.5) is 0 Å². The van der Waals surface area contributed by atoms with Gasteiger partial charge in [-0.2, -0.15) is 10.1 Å². The van der Waals surface area contributed by atoms with Gasteiger partial charge in [0.2, 0.25) is 0 Å². The van der Waals surface area contributed by atoms with Gasteiger partial charge in [0.1, 0.15) is 12.3 Å². The molecule has 10 nitrogen and oxygen atoms in total. The molecule has 1 aromatic carbocycles. The Balaban J connectivity index is 1.34. The molecule has 0 aliphatic carbocycles. The molecule has 28 heavy (non-hydrogen) atoms. The van der Waals surface area contributed by atoms with Crippen molar-refractivity contribution in [2.45, 2.75) is 6.54 Å². The lowest BCUT2D eigenvalue weighted by atomic mass is 10.3. The highest BCUT2D eigenvalue weighted by molar-refractivity contribution is 6.30. The van der Waals surface area contributed by atoms with Gasteiger partial charge in [-0.25, -0.2) is 0 Å². The van der Waals surface area contributed by atoms with E-state index < -0.39 is 5.91 Å². The van der Waals surface area contributed by atoms with Gasteiger partial charge < -0.3 is 19.9 Å². The molecule has 2 amide bonds. The summed E-state index contributed by atoms with van der Waals surface area (Å²) >= 11 is 5.78. The molecule has 0 aliphatic rings. The second kappa shape index (κ2) is 9.51. The molecule has 0 bridgehead atoms. The van der Waals surface area contributed by atoms with Crippen molar-refractivity contribution in [3.05, 3.63) is 59.5 Å². The van der Waals surface area contributed by atoms with Crippen molar-refractivity contribution in [3.63, 3.8) is 0 Å². The zero-order chi connectivity index (χ0) is 19.8. The second-order valence-electron chi connectivity index (χ2n) is 5.58.